The third-order valence-corrected chi connectivity index (χ3v) is 6.67. The minimum atomic E-state index is 0. The summed E-state index contributed by atoms with van der Waals surface area (Å²) >= 11 is 0. The van der Waals surface area contributed by atoms with Crippen LogP contribution in [0.5, 0.6) is 5.75 Å². The lowest BCUT2D eigenvalue weighted by Crippen LogP contribution is -2.47. The van der Waals surface area contributed by atoms with Crippen LogP contribution in [0.4, 0.5) is 0 Å². The smallest absolute Gasteiger partial charge is 0.191 e. The van der Waals surface area contributed by atoms with Crippen molar-refractivity contribution in [3.05, 3.63) is 29.8 Å². The van der Waals surface area contributed by atoms with Gasteiger partial charge in [0.25, 0.3) is 0 Å². The molecule has 0 amide bonds. The van der Waals surface area contributed by atoms with Gasteiger partial charge in [-0.15, -0.1) is 24.0 Å². The Bertz CT molecular complexity index is 684. The molecule has 1 aromatic rings. The van der Waals surface area contributed by atoms with Gasteiger partial charge in [0, 0.05) is 39.3 Å². The molecule has 6 heteroatoms. The Balaban J connectivity index is 0.00000225. The summed E-state index contributed by atoms with van der Waals surface area (Å²) < 4.78 is 11.8. The van der Waals surface area contributed by atoms with Gasteiger partial charge in [-0.1, -0.05) is 18.2 Å². The fourth-order valence-corrected chi connectivity index (χ4v) is 4.71. The molecule has 1 aromatic carbocycles. The number of benzene rings is 1. The monoisotopic (exact) mass is 499 g/mol. The van der Waals surface area contributed by atoms with Gasteiger partial charge in [0.05, 0.1) is 6.04 Å². The molecule has 0 radical (unpaired) electrons. The standard InChI is InChI=1S/C22H33N3O2.HI/c1-23-20(24-16-21(11-12-21)13-14-26-2)25-18-15-22(9-5-6-10-22)27-19-8-4-3-7-17(18)19;/h3-4,7-8,18H,5-6,9-16H2,1-2H3,(H2,23,24,25);1H. The maximum Gasteiger partial charge on any atom is 0.191 e. The lowest BCUT2D eigenvalue weighted by molar-refractivity contribution is 0.0395. The number of aliphatic imine (C=N–C) groups is 1. The zero-order chi connectivity index (χ0) is 18.7. The number of hydrogen-bond donors (Lipinski definition) is 2. The molecular formula is C22H34IN3O2. The second-order valence-electron chi connectivity index (χ2n) is 8.60. The summed E-state index contributed by atoms with van der Waals surface area (Å²) in [5.74, 6) is 1.94. The molecule has 0 bridgehead atoms. The molecule has 5 nitrogen and oxygen atoms in total. The molecule has 1 aliphatic heterocycles. The van der Waals surface area contributed by atoms with Crippen LogP contribution in [0.2, 0.25) is 0 Å². The minimum absolute atomic E-state index is 0. The number of fused-ring (bicyclic) bond motifs is 1. The number of nitrogens with one attached hydrogen (secondary N) is 2. The predicted molar refractivity (Wildman–Crippen MR) is 124 cm³/mol. The van der Waals surface area contributed by atoms with E-state index >= 15 is 0 Å². The number of nitrogens with zero attached hydrogens (tertiary/aromatic N) is 1. The van der Waals surface area contributed by atoms with Gasteiger partial charge in [0.15, 0.2) is 5.96 Å². The van der Waals surface area contributed by atoms with E-state index in [-0.39, 0.29) is 35.6 Å². The third kappa shape index (κ3) is 4.75. The molecule has 2 fully saturated rings. The number of guanidine groups is 1. The average molecular weight is 499 g/mol. The van der Waals surface area contributed by atoms with Crippen LogP contribution in [0.25, 0.3) is 0 Å². The topological polar surface area (TPSA) is 54.9 Å². The van der Waals surface area contributed by atoms with E-state index in [4.69, 9.17) is 9.47 Å². The van der Waals surface area contributed by atoms with Crippen molar-refractivity contribution in [1.82, 2.24) is 10.6 Å². The Morgan fingerprint density at radius 3 is 2.64 bits per heavy atom. The lowest BCUT2D eigenvalue weighted by atomic mass is 9.86. The van der Waals surface area contributed by atoms with E-state index in [0.29, 0.717) is 5.41 Å². The van der Waals surface area contributed by atoms with Crippen molar-refractivity contribution in [3.63, 3.8) is 0 Å². The molecule has 4 rings (SSSR count). The normalized spacial score (nSPS) is 24.1. The van der Waals surface area contributed by atoms with Gasteiger partial charge < -0.3 is 20.1 Å². The van der Waals surface area contributed by atoms with Crippen molar-refractivity contribution in [1.29, 1.82) is 0 Å². The van der Waals surface area contributed by atoms with Crippen LogP contribution in [0.1, 0.15) is 63.0 Å². The second-order valence-corrected chi connectivity index (χ2v) is 8.60. The molecule has 156 valence electrons. The van der Waals surface area contributed by atoms with Crippen molar-refractivity contribution < 1.29 is 9.47 Å². The first-order valence-corrected chi connectivity index (χ1v) is 10.4. The summed E-state index contributed by atoms with van der Waals surface area (Å²) in [6.45, 7) is 1.80. The highest BCUT2D eigenvalue weighted by Gasteiger charge is 2.44. The van der Waals surface area contributed by atoms with Crippen molar-refractivity contribution in [2.75, 3.05) is 27.3 Å². The van der Waals surface area contributed by atoms with Gasteiger partial charge >= 0.3 is 0 Å². The van der Waals surface area contributed by atoms with E-state index in [0.717, 1.165) is 50.5 Å². The summed E-state index contributed by atoms with van der Waals surface area (Å²) in [6, 6.07) is 8.72. The molecule has 0 saturated heterocycles. The van der Waals surface area contributed by atoms with Crippen LogP contribution in [0, 0.1) is 5.41 Å². The van der Waals surface area contributed by atoms with Crippen molar-refractivity contribution in [2.24, 2.45) is 10.4 Å². The van der Waals surface area contributed by atoms with Gasteiger partial charge in [-0.3, -0.25) is 4.99 Å². The largest absolute Gasteiger partial charge is 0.487 e. The number of hydrogen-bond acceptors (Lipinski definition) is 3. The van der Waals surface area contributed by atoms with E-state index in [9.17, 15) is 0 Å². The lowest BCUT2D eigenvalue weighted by Gasteiger charge is -2.40. The van der Waals surface area contributed by atoms with Crippen molar-refractivity contribution >= 4 is 29.9 Å². The average Bonchev–Trinajstić information content (AvgIpc) is 3.34. The second kappa shape index (κ2) is 9.20. The molecule has 0 aromatic heterocycles. The van der Waals surface area contributed by atoms with Gasteiger partial charge in [0.2, 0.25) is 0 Å². The van der Waals surface area contributed by atoms with Crippen LogP contribution in [0.15, 0.2) is 29.3 Å². The molecule has 2 saturated carbocycles. The molecule has 2 aliphatic carbocycles. The van der Waals surface area contributed by atoms with Gasteiger partial charge in [-0.25, -0.2) is 0 Å². The number of halogens is 1. The first-order chi connectivity index (χ1) is 13.2. The number of rotatable bonds is 6. The fourth-order valence-electron chi connectivity index (χ4n) is 4.71. The highest BCUT2D eigenvalue weighted by molar-refractivity contribution is 14.0. The number of ether oxygens (including phenoxy) is 2. The van der Waals surface area contributed by atoms with E-state index in [1.54, 1.807) is 7.11 Å². The van der Waals surface area contributed by atoms with Gasteiger partial charge in [0.1, 0.15) is 11.4 Å². The SMILES string of the molecule is CN=C(NCC1(CCOC)CC1)NC1CC2(CCCC2)Oc2ccccc21.I. The minimum Gasteiger partial charge on any atom is -0.487 e. The number of para-hydroxylation sites is 1. The van der Waals surface area contributed by atoms with Gasteiger partial charge in [-0.2, -0.15) is 0 Å². The van der Waals surface area contributed by atoms with Crippen LogP contribution >= 0.6 is 24.0 Å². The molecule has 1 atom stereocenters. The Labute approximate surface area is 186 Å². The first kappa shape index (κ1) is 21.7. The zero-order valence-electron chi connectivity index (χ0n) is 17.1. The van der Waals surface area contributed by atoms with Crippen molar-refractivity contribution in [3.8, 4) is 5.75 Å². The van der Waals surface area contributed by atoms with E-state index < -0.39 is 0 Å². The van der Waals surface area contributed by atoms with Crippen LogP contribution in [0.3, 0.4) is 0 Å². The summed E-state index contributed by atoms with van der Waals surface area (Å²) in [5.41, 5.74) is 1.65. The number of methoxy groups -OCH3 is 1. The Kier molecular flexibility index (Phi) is 7.12. The molecule has 1 spiro atoms. The van der Waals surface area contributed by atoms with E-state index in [1.165, 1.54) is 31.2 Å². The Hall–Kier alpha value is -1.02. The molecule has 2 N–H and O–H groups in total. The van der Waals surface area contributed by atoms with Gasteiger partial charge in [-0.05, 0) is 56.4 Å². The Morgan fingerprint density at radius 2 is 1.96 bits per heavy atom. The fraction of sp³-hybridized carbons (Fsp3) is 0.682. The highest BCUT2D eigenvalue weighted by Crippen LogP contribution is 2.48. The molecule has 3 aliphatic rings. The van der Waals surface area contributed by atoms with Crippen molar-refractivity contribution in [2.45, 2.75) is 63.0 Å². The maximum absolute atomic E-state index is 6.48. The Morgan fingerprint density at radius 1 is 1.21 bits per heavy atom. The van der Waals surface area contributed by atoms with E-state index in [1.807, 2.05) is 7.05 Å². The van der Waals surface area contributed by atoms with Crippen LogP contribution in [-0.2, 0) is 4.74 Å². The quantitative estimate of drug-likeness (QED) is 0.346. The zero-order valence-corrected chi connectivity index (χ0v) is 19.5. The predicted octanol–water partition coefficient (Wildman–Crippen LogP) is 4.42. The summed E-state index contributed by atoms with van der Waals surface area (Å²) in [5, 5.41) is 7.28. The first-order valence-electron chi connectivity index (χ1n) is 10.4. The molecule has 1 unspecified atom stereocenters. The molecule has 1 heterocycles. The maximum atomic E-state index is 6.48. The summed E-state index contributed by atoms with van der Waals surface area (Å²) in [7, 11) is 3.64. The summed E-state index contributed by atoms with van der Waals surface area (Å²) in [6.07, 6.45) is 9.55. The third-order valence-electron chi connectivity index (χ3n) is 6.67. The van der Waals surface area contributed by atoms with E-state index in [2.05, 4.69) is 39.9 Å². The summed E-state index contributed by atoms with van der Waals surface area (Å²) in [4.78, 5) is 4.50. The highest BCUT2D eigenvalue weighted by atomic mass is 127. The van der Waals surface area contributed by atoms with Crippen LogP contribution < -0.4 is 15.4 Å². The van der Waals surface area contributed by atoms with Crippen LogP contribution in [-0.4, -0.2) is 38.9 Å². The molecule has 28 heavy (non-hydrogen) atoms. The molecular weight excluding hydrogens is 465 g/mol.